The molecule has 0 aliphatic rings. The third-order valence-electron chi connectivity index (χ3n) is 4.16. The largest absolute Gasteiger partial charge is 0.340 e. The molecule has 2 rings (SSSR count). The van der Waals surface area contributed by atoms with Gasteiger partial charge in [-0.3, -0.25) is 4.79 Å². The van der Waals surface area contributed by atoms with Gasteiger partial charge in [-0.2, -0.15) is 0 Å². The van der Waals surface area contributed by atoms with E-state index in [1.165, 1.54) is 30.2 Å². The maximum Gasteiger partial charge on any atom is 0.242 e. The Morgan fingerprint density at radius 2 is 1.63 bits per heavy atom. The summed E-state index contributed by atoms with van der Waals surface area (Å²) in [6, 6.07) is 16.7. The Labute approximate surface area is 166 Å². The van der Waals surface area contributed by atoms with E-state index >= 15 is 0 Å². The van der Waals surface area contributed by atoms with Crippen LogP contribution in [-0.2, 0) is 27.1 Å². The summed E-state index contributed by atoms with van der Waals surface area (Å²) in [5.74, 6) is 0.629. The SMILES string of the molecule is CC(SCc1cccc(S(=O)(=O)N(C)C)c1)C(=O)N(C)Cc1ccccc1. The van der Waals surface area contributed by atoms with Crippen LogP contribution in [0.4, 0.5) is 0 Å². The van der Waals surface area contributed by atoms with Gasteiger partial charge < -0.3 is 4.90 Å². The van der Waals surface area contributed by atoms with Crippen molar-refractivity contribution in [3.8, 4) is 0 Å². The van der Waals surface area contributed by atoms with Crippen LogP contribution in [0.5, 0.6) is 0 Å². The molecule has 0 aromatic heterocycles. The molecule has 0 saturated carbocycles. The van der Waals surface area contributed by atoms with Gasteiger partial charge >= 0.3 is 0 Å². The molecule has 5 nitrogen and oxygen atoms in total. The van der Waals surface area contributed by atoms with Crippen molar-refractivity contribution in [3.63, 3.8) is 0 Å². The van der Waals surface area contributed by atoms with Crippen LogP contribution < -0.4 is 0 Å². The first-order valence-electron chi connectivity index (χ1n) is 8.64. The molecule has 0 N–H and O–H groups in total. The number of rotatable bonds is 8. The van der Waals surface area contributed by atoms with Crippen LogP contribution in [0.1, 0.15) is 18.1 Å². The van der Waals surface area contributed by atoms with Gasteiger partial charge in [0.1, 0.15) is 0 Å². The summed E-state index contributed by atoms with van der Waals surface area (Å²) in [6.07, 6.45) is 0. The van der Waals surface area contributed by atoms with Gasteiger partial charge in [0.05, 0.1) is 10.1 Å². The number of hydrogen-bond acceptors (Lipinski definition) is 4. The second kappa shape index (κ2) is 9.39. The second-order valence-corrected chi connectivity index (χ2v) is 10.0. The van der Waals surface area contributed by atoms with Crippen molar-refractivity contribution in [2.75, 3.05) is 21.1 Å². The molecule has 2 aromatic carbocycles. The lowest BCUT2D eigenvalue weighted by Gasteiger charge is -2.21. The first-order chi connectivity index (χ1) is 12.7. The second-order valence-electron chi connectivity index (χ2n) is 6.57. The van der Waals surface area contributed by atoms with Crippen molar-refractivity contribution in [1.82, 2.24) is 9.21 Å². The van der Waals surface area contributed by atoms with Crippen molar-refractivity contribution >= 4 is 27.7 Å². The summed E-state index contributed by atoms with van der Waals surface area (Å²) in [6.45, 7) is 2.45. The number of hydrogen-bond donors (Lipinski definition) is 0. The fourth-order valence-corrected chi connectivity index (χ4v) is 4.46. The van der Waals surface area contributed by atoms with E-state index in [9.17, 15) is 13.2 Å². The predicted molar refractivity (Wildman–Crippen MR) is 111 cm³/mol. The average Bonchev–Trinajstić information content (AvgIpc) is 2.66. The number of carbonyl (C=O) groups is 1. The van der Waals surface area contributed by atoms with Crippen LogP contribution in [0.2, 0.25) is 0 Å². The lowest BCUT2D eigenvalue weighted by Crippen LogP contribution is -2.32. The van der Waals surface area contributed by atoms with E-state index < -0.39 is 10.0 Å². The molecule has 27 heavy (non-hydrogen) atoms. The third-order valence-corrected chi connectivity index (χ3v) is 7.18. The Bertz CT molecular complexity index is 868. The number of nitrogens with zero attached hydrogens (tertiary/aromatic N) is 2. The van der Waals surface area contributed by atoms with E-state index in [4.69, 9.17) is 0 Å². The van der Waals surface area contributed by atoms with Crippen LogP contribution in [0.25, 0.3) is 0 Å². The Hall–Kier alpha value is -1.83. The minimum absolute atomic E-state index is 0.0564. The molecule has 1 unspecified atom stereocenters. The fraction of sp³-hybridized carbons (Fsp3) is 0.350. The lowest BCUT2D eigenvalue weighted by atomic mass is 10.2. The highest BCUT2D eigenvalue weighted by atomic mass is 32.2. The summed E-state index contributed by atoms with van der Waals surface area (Å²) in [5, 5.41) is -0.215. The Morgan fingerprint density at radius 3 is 2.26 bits per heavy atom. The van der Waals surface area contributed by atoms with Gasteiger partial charge in [-0.05, 0) is 30.2 Å². The fourth-order valence-electron chi connectivity index (χ4n) is 2.54. The minimum atomic E-state index is -3.45. The molecular weight excluding hydrogens is 380 g/mol. The van der Waals surface area contributed by atoms with Gasteiger partial charge in [0.15, 0.2) is 0 Å². The first-order valence-corrected chi connectivity index (χ1v) is 11.1. The number of benzene rings is 2. The summed E-state index contributed by atoms with van der Waals surface area (Å²) in [5.41, 5.74) is 1.97. The minimum Gasteiger partial charge on any atom is -0.340 e. The smallest absolute Gasteiger partial charge is 0.242 e. The van der Waals surface area contributed by atoms with Crippen molar-refractivity contribution in [1.29, 1.82) is 0 Å². The zero-order chi connectivity index (χ0) is 20.0. The van der Waals surface area contributed by atoms with Crippen LogP contribution in [0.3, 0.4) is 0 Å². The Morgan fingerprint density at radius 1 is 1.00 bits per heavy atom. The van der Waals surface area contributed by atoms with Crippen LogP contribution in [-0.4, -0.2) is 49.9 Å². The first kappa shape index (κ1) is 21.5. The van der Waals surface area contributed by atoms with Crippen LogP contribution >= 0.6 is 11.8 Å². The molecule has 0 aliphatic heterocycles. The van der Waals surface area contributed by atoms with Crippen molar-refractivity contribution in [2.24, 2.45) is 0 Å². The van der Waals surface area contributed by atoms with E-state index in [-0.39, 0.29) is 16.1 Å². The molecule has 1 atom stereocenters. The van der Waals surface area contributed by atoms with Crippen molar-refractivity contribution in [3.05, 3.63) is 65.7 Å². The zero-order valence-electron chi connectivity index (χ0n) is 16.1. The van der Waals surface area contributed by atoms with E-state index in [1.807, 2.05) is 43.3 Å². The number of thioether (sulfide) groups is 1. The molecule has 0 saturated heterocycles. The molecule has 0 fully saturated rings. The highest BCUT2D eigenvalue weighted by molar-refractivity contribution is 7.99. The van der Waals surface area contributed by atoms with E-state index in [0.717, 1.165) is 11.1 Å². The van der Waals surface area contributed by atoms with E-state index in [1.54, 1.807) is 30.1 Å². The zero-order valence-corrected chi connectivity index (χ0v) is 17.8. The van der Waals surface area contributed by atoms with Gasteiger partial charge in [-0.25, -0.2) is 12.7 Å². The highest BCUT2D eigenvalue weighted by Gasteiger charge is 2.20. The monoisotopic (exact) mass is 406 g/mol. The molecule has 0 heterocycles. The molecule has 0 spiro atoms. The summed E-state index contributed by atoms with van der Waals surface area (Å²) >= 11 is 1.50. The predicted octanol–water partition coefficient (Wildman–Crippen LogP) is 3.22. The third kappa shape index (κ3) is 5.82. The molecule has 146 valence electrons. The van der Waals surface area contributed by atoms with E-state index in [2.05, 4.69) is 0 Å². The molecule has 0 bridgehead atoms. The van der Waals surface area contributed by atoms with Gasteiger partial charge in [0.2, 0.25) is 15.9 Å². The molecule has 2 aromatic rings. The summed E-state index contributed by atoms with van der Waals surface area (Å²) in [4.78, 5) is 14.6. The summed E-state index contributed by atoms with van der Waals surface area (Å²) in [7, 11) is 1.38. The number of amides is 1. The van der Waals surface area contributed by atoms with Crippen LogP contribution in [0, 0.1) is 0 Å². The Balaban J connectivity index is 1.97. The molecule has 0 radical (unpaired) electrons. The highest BCUT2D eigenvalue weighted by Crippen LogP contribution is 2.22. The Kier molecular flexibility index (Phi) is 7.47. The van der Waals surface area contributed by atoms with Gasteiger partial charge in [-0.15, -0.1) is 11.8 Å². The topological polar surface area (TPSA) is 57.7 Å². The average molecular weight is 407 g/mol. The van der Waals surface area contributed by atoms with Gasteiger partial charge in [0, 0.05) is 33.4 Å². The lowest BCUT2D eigenvalue weighted by molar-refractivity contribution is -0.129. The summed E-state index contributed by atoms with van der Waals surface area (Å²) < 4.78 is 25.7. The molecule has 7 heteroatoms. The normalized spacial score (nSPS) is 12.8. The number of carbonyl (C=O) groups excluding carboxylic acids is 1. The van der Waals surface area contributed by atoms with Crippen LogP contribution in [0.15, 0.2) is 59.5 Å². The maximum atomic E-state index is 12.6. The maximum absolute atomic E-state index is 12.6. The van der Waals surface area contributed by atoms with Crippen molar-refractivity contribution < 1.29 is 13.2 Å². The quantitative estimate of drug-likeness (QED) is 0.675. The standard InChI is InChI=1S/C20H26N2O3S2/c1-16(20(23)22(4)14-17-9-6-5-7-10-17)26-15-18-11-8-12-19(13-18)27(24,25)21(2)3/h5-13,16H,14-15H2,1-4H3. The molecule has 1 amide bonds. The van der Waals surface area contributed by atoms with Gasteiger partial charge in [0.25, 0.3) is 0 Å². The molecule has 0 aliphatic carbocycles. The number of sulfonamides is 1. The van der Waals surface area contributed by atoms with Crippen molar-refractivity contribution in [2.45, 2.75) is 29.4 Å². The van der Waals surface area contributed by atoms with Gasteiger partial charge in [-0.1, -0.05) is 42.5 Å². The molecular formula is C20H26N2O3S2. The van der Waals surface area contributed by atoms with E-state index in [0.29, 0.717) is 12.3 Å².